The molecule has 0 aliphatic rings. The van der Waals surface area contributed by atoms with Crippen molar-refractivity contribution in [3.8, 4) is 0 Å². The lowest BCUT2D eigenvalue weighted by Crippen LogP contribution is -2.18. The molecule has 1 N–H and O–H groups in total. The summed E-state index contributed by atoms with van der Waals surface area (Å²) >= 11 is 0. The van der Waals surface area contributed by atoms with Gasteiger partial charge in [0.1, 0.15) is 6.10 Å². The van der Waals surface area contributed by atoms with Gasteiger partial charge >= 0.3 is 11.9 Å². The minimum atomic E-state index is -0.679. The van der Waals surface area contributed by atoms with Gasteiger partial charge in [0.25, 0.3) is 0 Å². The largest absolute Gasteiger partial charge is 0.481 e. The first-order valence-electron chi connectivity index (χ1n) is 19.3. The van der Waals surface area contributed by atoms with E-state index in [2.05, 4.69) is 74.6 Å². The molecule has 4 heteroatoms. The summed E-state index contributed by atoms with van der Waals surface area (Å²) in [4.78, 5) is 23.0. The molecule has 4 nitrogen and oxygen atoms in total. The number of aliphatic carboxylic acids is 1. The van der Waals surface area contributed by atoms with Crippen LogP contribution < -0.4 is 0 Å². The Hall–Kier alpha value is -2.36. The standard InChI is InChI=1S/C42H72O4/c1-3-5-7-8-9-10-11-12-13-14-15-16-17-18-19-20-21-26-29-32-35-39-42(45)46-40(36-6-4-2)37-33-30-27-24-22-23-25-28-31-34-38-41(43)44/h5,7,9-10,12-13,15-16,18-19,40H,3-4,6,8,11,14,17,20-39H2,1-2H3,(H,43,44)/b7-5-,10-9-,13-12-,16-15-,19-18-. The van der Waals surface area contributed by atoms with E-state index in [0.29, 0.717) is 12.8 Å². The third-order valence-electron chi connectivity index (χ3n) is 8.25. The molecule has 0 saturated carbocycles. The van der Waals surface area contributed by atoms with Gasteiger partial charge in [0, 0.05) is 12.8 Å². The molecule has 0 bridgehead atoms. The molecule has 46 heavy (non-hydrogen) atoms. The lowest BCUT2D eigenvalue weighted by molar-refractivity contribution is -0.150. The Morgan fingerprint density at radius 2 is 0.913 bits per heavy atom. The van der Waals surface area contributed by atoms with E-state index in [-0.39, 0.29) is 12.1 Å². The van der Waals surface area contributed by atoms with E-state index < -0.39 is 5.97 Å². The third-order valence-corrected chi connectivity index (χ3v) is 8.25. The van der Waals surface area contributed by atoms with E-state index in [1.54, 1.807) is 0 Å². The minimum Gasteiger partial charge on any atom is -0.481 e. The highest BCUT2D eigenvalue weighted by Crippen LogP contribution is 2.17. The fraction of sp³-hybridized carbons (Fsp3) is 0.714. The van der Waals surface area contributed by atoms with E-state index in [9.17, 15) is 9.59 Å². The monoisotopic (exact) mass is 641 g/mol. The number of esters is 1. The lowest BCUT2D eigenvalue weighted by atomic mass is 10.0. The van der Waals surface area contributed by atoms with Crippen LogP contribution in [0.4, 0.5) is 0 Å². The van der Waals surface area contributed by atoms with Gasteiger partial charge in [-0.3, -0.25) is 9.59 Å². The number of unbranched alkanes of at least 4 members (excludes halogenated alkanes) is 15. The van der Waals surface area contributed by atoms with Crippen LogP contribution in [0.15, 0.2) is 60.8 Å². The highest BCUT2D eigenvalue weighted by atomic mass is 16.5. The van der Waals surface area contributed by atoms with Crippen molar-refractivity contribution in [1.82, 2.24) is 0 Å². The molecule has 1 atom stereocenters. The van der Waals surface area contributed by atoms with Gasteiger partial charge in [-0.15, -0.1) is 0 Å². The average molecular weight is 641 g/mol. The van der Waals surface area contributed by atoms with Crippen LogP contribution in [0.1, 0.15) is 187 Å². The maximum atomic E-state index is 12.5. The third kappa shape index (κ3) is 36.1. The van der Waals surface area contributed by atoms with Crippen molar-refractivity contribution in [3.63, 3.8) is 0 Å². The number of carboxylic acids is 1. The summed E-state index contributed by atoms with van der Waals surface area (Å²) in [5.41, 5.74) is 0. The summed E-state index contributed by atoms with van der Waals surface area (Å²) in [6, 6.07) is 0. The number of rotatable bonds is 34. The molecule has 0 saturated heterocycles. The van der Waals surface area contributed by atoms with Gasteiger partial charge in [-0.1, -0.05) is 158 Å². The van der Waals surface area contributed by atoms with Crippen molar-refractivity contribution < 1.29 is 19.4 Å². The van der Waals surface area contributed by atoms with Crippen molar-refractivity contribution in [2.45, 2.75) is 193 Å². The van der Waals surface area contributed by atoms with Gasteiger partial charge < -0.3 is 9.84 Å². The zero-order valence-corrected chi connectivity index (χ0v) is 30.1. The summed E-state index contributed by atoms with van der Waals surface area (Å²) in [6.45, 7) is 4.36. The molecule has 0 fully saturated rings. The number of carbonyl (C=O) groups excluding carboxylic acids is 1. The Balaban J connectivity index is 3.72. The van der Waals surface area contributed by atoms with Crippen LogP contribution >= 0.6 is 0 Å². The topological polar surface area (TPSA) is 63.6 Å². The number of hydrogen-bond acceptors (Lipinski definition) is 3. The Kier molecular flexibility index (Phi) is 35.2. The first kappa shape index (κ1) is 43.6. The first-order valence-corrected chi connectivity index (χ1v) is 19.3. The Morgan fingerprint density at radius 3 is 1.41 bits per heavy atom. The summed E-state index contributed by atoms with van der Waals surface area (Å²) in [6.07, 6.45) is 51.4. The van der Waals surface area contributed by atoms with Crippen LogP contribution in [0.5, 0.6) is 0 Å². The van der Waals surface area contributed by atoms with Crippen LogP contribution in [0, 0.1) is 0 Å². The molecular formula is C42H72O4. The smallest absolute Gasteiger partial charge is 0.306 e. The quantitative estimate of drug-likeness (QED) is 0.0432. The Morgan fingerprint density at radius 1 is 0.500 bits per heavy atom. The number of carbonyl (C=O) groups is 2. The molecule has 0 aliphatic carbocycles. The molecular weight excluding hydrogens is 568 g/mol. The number of ether oxygens (including phenoxy) is 1. The SMILES string of the molecule is CC/C=C\C/C=C\C/C=C\C/C=C\C/C=C\CCCCCCCC(=O)OC(CCCC)CCCCCCCCCCCCC(=O)O. The van der Waals surface area contributed by atoms with E-state index in [1.165, 1.54) is 57.8 Å². The maximum Gasteiger partial charge on any atom is 0.306 e. The van der Waals surface area contributed by atoms with Crippen LogP contribution in [0.2, 0.25) is 0 Å². The van der Waals surface area contributed by atoms with Crippen molar-refractivity contribution in [2.75, 3.05) is 0 Å². The van der Waals surface area contributed by atoms with Gasteiger partial charge in [0.2, 0.25) is 0 Å². The second kappa shape index (κ2) is 37.1. The van der Waals surface area contributed by atoms with Crippen molar-refractivity contribution >= 4 is 11.9 Å². The van der Waals surface area contributed by atoms with Gasteiger partial charge in [-0.25, -0.2) is 0 Å². The fourth-order valence-corrected chi connectivity index (χ4v) is 5.43. The molecule has 0 aliphatic heterocycles. The summed E-state index contributed by atoms with van der Waals surface area (Å²) in [5, 5.41) is 8.68. The van der Waals surface area contributed by atoms with Gasteiger partial charge in [-0.05, 0) is 77.0 Å². The highest BCUT2D eigenvalue weighted by Gasteiger charge is 2.13. The van der Waals surface area contributed by atoms with Crippen molar-refractivity contribution in [1.29, 1.82) is 0 Å². The molecule has 0 aromatic rings. The Labute approximate surface area is 284 Å². The zero-order valence-electron chi connectivity index (χ0n) is 30.1. The molecule has 0 rings (SSSR count). The van der Waals surface area contributed by atoms with Crippen LogP contribution in [0.3, 0.4) is 0 Å². The first-order chi connectivity index (χ1) is 22.6. The van der Waals surface area contributed by atoms with Crippen molar-refractivity contribution in [2.24, 2.45) is 0 Å². The highest BCUT2D eigenvalue weighted by molar-refractivity contribution is 5.69. The maximum absolute atomic E-state index is 12.5. The van der Waals surface area contributed by atoms with E-state index >= 15 is 0 Å². The van der Waals surface area contributed by atoms with Crippen LogP contribution in [-0.4, -0.2) is 23.1 Å². The second-order valence-electron chi connectivity index (χ2n) is 12.7. The van der Waals surface area contributed by atoms with Gasteiger partial charge in [-0.2, -0.15) is 0 Å². The fourth-order valence-electron chi connectivity index (χ4n) is 5.43. The predicted molar refractivity (Wildman–Crippen MR) is 199 cm³/mol. The lowest BCUT2D eigenvalue weighted by Gasteiger charge is -2.18. The zero-order chi connectivity index (χ0) is 33.6. The number of allylic oxidation sites excluding steroid dienone is 10. The molecule has 0 radical (unpaired) electrons. The van der Waals surface area contributed by atoms with E-state index in [1.807, 2.05) is 0 Å². The number of hydrogen-bond donors (Lipinski definition) is 1. The molecule has 0 amide bonds. The van der Waals surface area contributed by atoms with Gasteiger partial charge in [0.05, 0.1) is 0 Å². The molecule has 1 unspecified atom stereocenters. The second-order valence-corrected chi connectivity index (χ2v) is 12.7. The predicted octanol–water partition coefficient (Wildman–Crippen LogP) is 13.3. The molecule has 0 heterocycles. The summed E-state index contributed by atoms with van der Waals surface area (Å²) < 4.78 is 5.90. The normalized spacial score (nSPS) is 12.9. The molecule has 264 valence electrons. The van der Waals surface area contributed by atoms with E-state index in [0.717, 1.165) is 103 Å². The van der Waals surface area contributed by atoms with Crippen LogP contribution in [-0.2, 0) is 14.3 Å². The van der Waals surface area contributed by atoms with Gasteiger partial charge in [0.15, 0.2) is 0 Å². The number of carboxylic acid groups (broad SMARTS) is 1. The average Bonchev–Trinajstić information content (AvgIpc) is 3.04. The van der Waals surface area contributed by atoms with E-state index in [4.69, 9.17) is 9.84 Å². The summed E-state index contributed by atoms with van der Waals surface area (Å²) in [7, 11) is 0. The molecule has 0 spiro atoms. The van der Waals surface area contributed by atoms with Crippen molar-refractivity contribution in [3.05, 3.63) is 60.8 Å². The summed E-state index contributed by atoms with van der Waals surface area (Å²) in [5.74, 6) is -0.676. The Bertz CT molecular complexity index is 820. The molecule has 0 aromatic carbocycles. The van der Waals surface area contributed by atoms with Crippen LogP contribution in [0.25, 0.3) is 0 Å². The minimum absolute atomic E-state index is 0.00300. The molecule has 0 aromatic heterocycles.